The second-order valence-electron chi connectivity index (χ2n) is 4.73. The van der Waals surface area contributed by atoms with Crippen molar-refractivity contribution in [3.05, 3.63) is 30.3 Å². The molecule has 0 bridgehead atoms. The van der Waals surface area contributed by atoms with E-state index in [0.717, 1.165) is 13.1 Å². The number of hydrogen-bond acceptors (Lipinski definition) is 2. The lowest BCUT2D eigenvalue weighted by Gasteiger charge is -2.25. The Labute approximate surface area is 92.1 Å². The van der Waals surface area contributed by atoms with Crippen molar-refractivity contribution in [1.82, 2.24) is 0 Å². The maximum atomic E-state index is 5.65. The molecule has 15 heavy (non-hydrogen) atoms. The van der Waals surface area contributed by atoms with Gasteiger partial charge in [0.25, 0.3) is 0 Å². The monoisotopic (exact) mass is 204 g/mol. The highest BCUT2D eigenvalue weighted by Crippen LogP contribution is 2.49. The van der Waals surface area contributed by atoms with Gasteiger partial charge in [0.05, 0.1) is 0 Å². The zero-order valence-electron chi connectivity index (χ0n) is 9.45. The van der Waals surface area contributed by atoms with E-state index in [0.29, 0.717) is 5.41 Å². The third kappa shape index (κ3) is 2.51. The fourth-order valence-electron chi connectivity index (χ4n) is 2.25. The molecule has 1 saturated carbocycles. The van der Waals surface area contributed by atoms with Crippen molar-refractivity contribution in [2.75, 3.05) is 25.0 Å². The highest BCUT2D eigenvalue weighted by Gasteiger charge is 2.42. The van der Waals surface area contributed by atoms with E-state index in [1.54, 1.807) is 0 Å². The molecule has 0 heterocycles. The summed E-state index contributed by atoms with van der Waals surface area (Å²) in [5, 5.41) is 0. The van der Waals surface area contributed by atoms with Crippen LogP contribution in [0.1, 0.15) is 19.3 Å². The molecule has 0 aromatic heterocycles. The summed E-state index contributed by atoms with van der Waals surface area (Å²) in [5.41, 5.74) is 7.48. The van der Waals surface area contributed by atoms with Crippen molar-refractivity contribution < 1.29 is 0 Å². The largest absolute Gasteiger partial charge is 0.374 e. The zero-order chi connectivity index (χ0) is 10.7. The molecule has 2 heteroatoms. The van der Waals surface area contributed by atoms with Gasteiger partial charge in [-0.15, -0.1) is 0 Å². The van der Waals surface area contributed by atoms with E-state index < -0.39 is 0 Å². The lowest BCUT2D eigenvalue weighted by atomic mass is 10.0. The highest BCUT2D eigenvalue weighted by molar-refractivity contribution is 5.45. The van der Waals surface area contributed by atoms with Gasteiger partial charge in [-0.3, -0.25) is 0 Å². The van der Waals surface area contributed by atoms with Crippen molar-refractivity contribution in [3.8, 4) is 0 Å². The van der Waals surface area contributed by atoms with Gasteiger partial charge in [0.15, 0.2) is 0 Å². The first kappa shape index (κ1) is 10.5. The Morgan fingerprint density at radius 1 is 1.27 bits per heavy atom. The standard InChI is InChI=1S/C13H20N2/c1-15(12-5-3-2-4-6-12)11-13(7-8-13)9-10-14/h2-6H,7-11,14H2,1H3. The maximum Gasteiger partial charge on any atom is 0.0363 e. The van der Waals surface area contributed by atoms with Crippen LogP contribution in [0.25, 0.3) is 0 Å². The van der Waals surface area contributed by atoms with Crippen LogP contribution in [-0.2, 0) is 0 Å². The molecule has 1 aliphatic rings. The summed E-state index contributed by atoms with van der Waals surface area (Å²) in [6.45, 7) is 1.97. The minimum atomic E-state index is 0.527. The second kappa shape index (κ2) is 4.23. The molecule has 2 rings (SSSR count). The molecule has 0 spiro atoms. The number of benzene rings is 1. The van der Waals surface area contributed by atoms with Crippen molar-refractivity contribution in [2.45, 2.75) is 19.3 Å². The molecule has 1 aromatic rings. The number of rotatable bonds is 5. The summed E-state index contributed by atoms with van der Waals surface area (Å²) in [5.74, 6) is 0. The van der Waals surface area contributed by atoms with Crippen LogP contribution in [0, 0.1) is 5.41 Å². The number of nitrogens with zero attached hydrogens (tertiary/aromatic N) is 1. The quantitative estimate of drug-likeness (QED) is 0.797. The minimum Gasteiger partial charge on any atom is -0.374 e. The van der Waals surface area contributed by atoms with Crippen LogP contribution >= 0.6 is 0 Å². The first-order valence-corrected chi connectivity index (χ1v) is 5.72. The fourth-order valence-corrected chi connectivity index (χ4v) is 2.25. The van der Waals surface area contributed by atoms with Crippen LogP contribution in [0.3, 0.4) is 0 Å². The SMILES string of the molecule is CN(CC1(CCN)CC1)c1ccccc1. The smallest absolute Gasteiger partial charge is 0.0363 e. The maximum absolute atomic E-state index is 5.65. The van der Waals surface area contributed by atoms with Crippen LogP contribution in [0.15, 0.2) is 30.3 Å². The van der Waals surface area contributed by atoms with Crippen molar-refractivity contribution in [1.29, 1.82) is 0 Å². The summed E-state index contributed by atoms with van der Waals surface area (Å²) in [6, 6.07) is 10.6. The van der Waals surface area contributed by atoms with E-state index in [4.69, 9.17) is 5.73 Å². The normalized spacial score (nSPS) is 17.5. The lowest BCUT2D eigenvalue weighted by molar-refractivity contribution is 0.475. The third-order valence-corrected chi connectivity index (χ3v) is 3.40. The predicted octanol–water partition coefficient (Wildman–Crippen LogP) is 2.25. The first-order chi connectivity index (χ1) is 7.26. The Hall–Kier alpha value is -1.02. The highest BCUT2D eigenvalue weighted by atomic mass is 15.1. The van der Waals surface area contributed by atoms with E-state index in [2.05, 4.69) is 42.3 Å². The van der Waals surface area contributed by atoms with Gasteiger partial charge < -0.3 is 10.6 Å². The molecule has 0 amide bonds. The molecule has 1 aromatic carbocycles. The Bertz CT molecular complexity index is 304. The van der Waals surface area contributed by atoms with E-state index in [-0.39, 0.29) is 0 Å². The topological polar surface area (TPSA) is 29.3 Å². The summed E-state index contributed by atoms with van der Waals surface area (Å²) >= 11 is 0. The summed E-state index contributed by atoms with van der Waals surface area (Å²) in [4.78, 5) is 2.35. The summed E-state index contributed by atoms with van der Waals surface area (Å²) in [6.07, 6.45) is 3.87. The molecule has 0 radical (unpaired) electrons. The summed E-state index contributed by atoms with van der Waals surface area (Å²) < 4.78 is 0. The molecule has 0 unspecified atom stereocenters. The number of nitrogens with two attached hydrogens (primary N) is 1. The van der Waals surface area contributed by atoms with Gasteiger partial charge in [0.2, 0.25) is 0 Å². The minimum absolute atomic E-state index is 0.527. The molecule has 82 valence electrons. The van der Waals surface area contributed by atoms with E-state index in [9.17, 15) is 0 Å². The van der Waals surface area contributed by atoms with Crippen molar-refractivity contribution in [2.24, 2.45) is 11.1 Å². The Kier molecular flexibility index (Phi) is 2.96. The Balaban J connectivity index is 1.95. The average molecular weight is 204 g/mol. The first-order valence-electron chi connectivity index (χ1n) is 5.72. The number of anilines is 1. The van der Waals surface area contributed by atoms with Crippen LogP contribution in [-0.4, -0.2) is 20.1 Å². The zero-order valence-corrected chi connectivity index (χ0v) is 9.45. The molecule has 0 atom stereocenters. The van der Waals surface area contributed by atoms with Crippen LogP contribution in [0.4, 0.5) is 5.69 Å². The molecule has 1 aliphatic carbocycles. The van der Waals surface area contributed by atoms with E-state index in [1.807, 2.05) is 0 Å². The van der Waals surface area contributed by atoms with Gasteiger partial charge in [-0.2, -0.15) is 0 Å². The number of hydrogen-bond donors (Lipinski definition) is 1. The molecular formula is C13H20N2. The molecule has 0 aliphatic heterocycles. The molecular weight excluding hydrogens is 184 g/mol. The number of para-hydroxylation sites is 1. The lowest BCUT2D eigenvalue weighted by Crippen LogP contribution is -2.28. The van der Waals surface area contributed by atoms with Crippen molar-refractivity contribution in [3.63, 3.8) is 0 Å². The molecule has 2 nitrogen and oxygen atoms in total. The third-order valence-electron chi connectivity index (χ3n) is 3.40. The van der Waals surface area contributed by atoms with Crippen LogP contribution in [0.2, 0.25) is 0 Å². The molecule has 2 N–H and O–H groups in total. The fraction of sp³-hybridized carbons (Fsp3) is 0.538. The van der Waals surface area contributed by atoms with E-state index >= 15 is 0 Å². The van der Waals surface area contributed by atoms with Crippen LogP contribution < -0.4 is 10.6 Å². The average Bonchev–Trinajstić information content (AvgIpc) is 3.00. The molecule has 0 saturated heterocycles. The predicted molar refractivity (Wildman–Crippen MR) is 65.1 cm³/mol. The van der Waals surface area contributed by atoms with Crippen LogP contribution in [0.5, 0.6) is 0 Å². The van der Waals surface area contributed by atoms with Gasteiger partial charge in [-0.25, -0.2) is 0 Å². The molecule has 1 fully saturated rings. The Morgan fingerprint density at radius 3 is 2.47 bits per heavy atom. The summed E-state index contributed by atoms with van der Waals surface area (Å²) in [7, 11) is 2.17. The second-order valence-corrected chi connectivity index (χ2v) is 4.73. The van der Waals surface area contributed by atoms with Crippen molar-refractivity contribution >= 4 is 5.69 Å². The Morgan fingerprint density at radius 2 is 1.93 bits per heavy atom. The van der Waals surface area contributed by atoms with Gasteiger partial charge >= 0.3 is 0 Å². The van der Waals surface area contributed by atoms with Gasteiger partial charge in [0, 0.05) is 19.3 Å². The van der Waals surface area contributed by atoms with Gasteiger partial charge in [-0.1, -0.05) is 18.2 Å². The van der Waals surface area contributed by atoms with E-state index in [1.165, 1.54) is 24.9 Å². The van der Waals surface area contributed by atoms with Gasteiger partial charge in [0.1, 0.15) is 0 Å². The van der Waals surface area contributed by atoms with Gasteiger partial charge in [-0.05, 0) is 43.4 Å².